The molecule has 0 aliphatic carbocycles. The largest absolute Gasteiger partial charge is 0.493 e. The fraction of sp³-hybridized carbons (Fsp3) is 0.321. The number of hydrogen-bond acceptors (Lipinski definition) is 8. The third kappa shape index (κ3) is 3.44. The van der Waals surface area contributed by atoms with Crippen LogP contribution in [0.3, 0.4) is 0 Å². The van der Waals surface area contributed by atoms with E-state index in [4.69, 9.17) is 28.4 Å². The van der Waals surface area contributed by atoms with Crippen molar-refractivity contribution in [3.05, 3.63) is 76.3 Å². The summed E-state index contributed by atoms with van der Waals surface area (Å²) in [4.78, 5) is 15.6. The van der Waals surface area contributed by atoms with Gasteiger partial charge in [0.25, 0.3) is 0 Å². The zero-order valence-corrected chi connectivity index (χ0v) is 20.4. The molecule has 8 nitrogen and oxygen atoms in total. The van der Waals surface area contributed by atoms with Crippen LogP contribution in [0.1, 0.15) is 44.8 Å². The van der Waals surface area contributed by atoms with Crippen LogP contribution in [0.4, 0.5) is 0 Å². The molecule has 0 radical (unpaired) electrons. The van der Waals surface area contributed by atoms with E-state index in [1.165, 1.54) is 12.7 Å². The quantitative estimate of drug-likeness (QED) is 0.470. The van der Waals surface area contributed by atoms with Crippen LogP contribution in [0.25, 0.3) is 0 Å². The summed E-state index contributed by atoms with van der Waals surface area (Å²) in [6.07, 6.45) is 0.217. The van der Waals surface area contributed by atoms with Crippen molar-refractivity contribution in [1.29, 1.82) is 0 Å². The first-order chi connectivity index (χ1) is 17.6. The highest BCUT2D eigenvalue weighted by molar-refractivity contribution is 5.98. The minimum absolute atomic E-state index is 0.144. The molecular weight excluding hydrogens is 462 g/mol. The highest BCUT2D eigenvalue weighted by Crippen LogP contribution is 2.55. The number of nitrogens with zero attached hydrogens (tertiary/aromatic N) is 1. The minimum Gasteiger partial charge on any atom is -0.493 e. The second-order valence-electron chi connectivity index (χ2n) is 8.96. The molecule has 0 saturated carbocycles. The maximum absolute atomic E-state index is 13.2. The monoisotopic (exact) mass is 489 g/mol. The molecule has 36 heavy (non-hydrogen) atoms. The molecule has 3 aromatic carbocycles. The van der Waals surface area contributed by atoms with Crippen molar-refractivity contribution in [2.45, 2.75) is 25.1 Å². The van der Waals surface area contributed by atoms with E-state index >= 15 is 0 Å². The number of esters is 1. The SMILES string of the molecule is COc1ccc2c(c1OC)C(=O)O[C@@H]2[C@H]1c2c(cc3c(c2OC)OCO3)CCN1Cc1ccccc1. The van der Waals surface area contributed by atoms with Crippen LogP contribution in [-0.2, 0) is 17.7 Å². The molecule has 3 aliphatic heterocycles. The molecule has 0 amide bonds. The standard InChI is InChI=1S/C28H27NO7/c1-31-19-10-9-18-22(25(19)32-2)28(30)36-24(18)23-21-17(13-20-26(27(21)33-3)35-15-34-20)11-12-29(23)14-16-7-5-4-6-8-16/h4-10,13,23-24H,11-12,14-15H2,1-3H3/t23-,24+/m1/s1. The van der Waals surface area contributed by atoms with Gasteiger partial charge in [-0.1, -0.05) is 36.4 Å². The molecular formula is C28H27NO7. The molecule has 0 saturated heterocycles. The Balaban J connectivity index is 1.53. The van der Waals surface area contributed by atoms with Crippen molar-refractivity contribution in [2.24, 2.45) is 0 Å². The van der Waals surface area contributed by atoms with Crippen molar-refractivity contribution in [3.63, 3.8) is 0 Å². The Bertz CT molecular complexity index is 1320. The van der Waals surface area contributed by atoms with E-state index in [1.54, 1.807) is 14.2 Å². The van der Waals surface area contributed by atoms with Gasteiger partial charge in [0.15, 0.2) is 23.0 Å². The van der Waals surface area contributed by atoms with Gasteiger partial charge in [0.1, 0.15) is 11.7 Å². The van der Waals surface area contributed by atoms with Crippen molar-refractivity contribution >= 4 is 5.97 Å². The first-order valence-corrected chi connectivity index (χ1v) is 11.9. The Morgan fingerprint density at radius 1 is 0.972 bits per heavy atom. The molecule has 8 heteroatoms. The number of benzene rings is 3. The highest BCUT2D eigenvalue weighted by Gasteiger charge is 2.47. The fourth-order valence-corrected chi connectivity index (χ4v) is 5.60. The van der Waals surface area contributed by atoms with E-state index in [9.17, 15) is 4.79 Å². The van der Waals surface area contributed by atoms with Crippen LogP contribution in [-0.4, -0.2) is 45.5 Å². The summed E-state index contributed by atoms with van der Waals surface area (Å²) < 4.78 is 34.5. The molecule has 0 spiro atoms. The Morgan fingerprint density at radius 2 is 1.78 bits per heavy atom. The predicted molar refractivity (Wildman–Crippen MR) is 130 cm³/mol. The summed E-state index contributed by atoms with van der Waals surface area (Å²) in [7, 11) is 4.71. The number of fused-ring (bicyclic) bond motifs is 3. The molecule has 3 heterocycles. The second kappa shape index (κ2) is 8.95. The molecule has 6 rings (SSSR count). The van der Waals surface area contributed by atoms with E-state index in [2.05, 4.69) is 17.0 Å². The number of carbonyl (C=O) groups excluding carboxylic acids is 1. The lowest BCUT2D eigenvalue weighted by Gasteiger charge is -2.40. The number of methoxy groups -OCH3 is 3. The lowest BCUT2D eigenvalue weighted by molar-refractivity contribution is 0.000527. The summed E-state index contributed by atoms with van der Waals surface area (Å²) in [5.74, 6) is 2.31. The molecule has 3 aliphatic rings. The Labute approximate surface area is 209 Å². The first-order valence-electron chi connectivity index (χ1n) is 11.9. The first kappa shape index (κ1) is 22.5. The average Bonchev–Trinajstić information content (AvgIpc) is 3.51. The molecule has 0 aromatic heterocycles. The van der Waals surface area contributed by atoms with Crippen LogP contribution < -0.4 is 23.7 Å². The minimum atomic E-state index is -0.579. The lowest BCUT2D eigenvalue weighted by atomic mass is 9.84. The van der Waals surface area contributed by atoms with Gasteiger partial charge in [0.05, 0.1) is 27.4 Å². The van der Waals surface area contributed by atoms with Gasteiger partial charge in [0.2, 0.25) is 12.5 Å². The van der Waals surface area contributed by atoms with E-state index < -0.39 is 12.1 Å². The van der Waals surface area contributed by atoms with Gasteiger partial charge >= 0.3 is 5.97 Å². The fourth-order valence-electron chi connectivity index (χ4n) is 5.60. The third-order valence-corrected chi connectivity index (χ3v) is 7.14. The third-order valence-electron chi connectivity index (χ3n) is 7.14. The summed E-state index contributed by atoms with van der Waals surface area (Å²) in [5.41, 5.74) is 4.36. The maximum atomic E-state index is 13.2. The Morgan fingerprint density at radius 3 is 2.53 bits per heavy atom. The molecule has 3 aromatic rings. The van der Waals surface area contributed by atoms with Gasteiger partial charge in [-0.05, 0) is 29.7 Å². The maximum Gasteiger partial charge on any atom is 0.343 e. The number of carbonyl (C=O) groups is 1. The number of hydrogen-bond donors (Lipinski definition) is 0. The molecule has 0 fully saturated rings. The van der Waals surface area contributed by atoms with Crippen molar-refractivity contribution in [2.75, 3.05) is 34.7 Å². The van der Waals surface area contributed by atoms with Crippen LogP contribution in [0.15, 0.2) is 48.5 Å². The Kier molecular flexibility index (Phi) is 5.60. The molecule has 0 bridgehead atoms. The average molecular weight is 490 g/mol. The summed E-state index contributed by atoms with van der Waals surface area (Å²) in [6, 6.07) is 15.7. The van der Waals surface area contributed by atoms with Gasteiger partial charge in [0, 0.05) is 24.2 Å². The number of cyclic esters (lactones) is 1. The van der Waals surface area contributed by atoms with Gasteiger partial charge in [-0.25, -0.2) is 4.79 Å². The van der Waals surface area contributed by atoms with E-state index in [-0.39, 0.29) is 12.8 Å². The topological polar surface area (TPSA) is 75.7 Å². The van der Waals surface area contributed by atoms with Crippen LogP contribution in [0, 0.1) is 0 Å². The Hall–Kier alpha value is -3.91. The predicted octanol–water partition coefficient (Wildman–Crippen LogP) is 4.45. The molecule has 186 valence electrons. The summed E-state index contributed by atoms with van der Waals surface area (Å²) in [5, 5.41) is 0. The van der Waals surface area contributed by atoms with Crippen LogP contribution >= 0.6 is 0 Å². The van der Waals surface area contributed by atoms with Crippen LogP contribution in [0.5, 0.6) is 28.7 Å². The summed E-state index contributed by atoms with van der Waals surface area (Å²) >= 11 is 0. The van der Waals surface area contributed by atoms with Gasteiger partial charge < -0.3 is 28.4 Å². The highest BCUT2D eigenvalue weighted by atomic mass is 16.7. The van der Waals surface area contributed by atoms with E-state index in [1.807, 2.05) is 36.4 Å². The van der Waals surface area contributed by atoms with Crippen molar-refractivity contribution in [1.82, 2.24) is 4.90 Å². The van der Waals surface area contributed by atoms with Crippen molar-refractivity contribution in [3.8, 4) is 28.7 Å². The molecule has 2 atom stereocenters. The zero-order chi connectivity index (χ0) is 24.8. The number of rotatable bonds is 6. The second-order valence-corrected chi connectivity index (χ2v) is 8.96. The smallest absolute Gasteiger partial charge is 0.343 e. The van der Waals surface area contributed by atoms with E-state index in [0.29, 0.717) is 40.9 Å². The molecule has 0 unspecified atom stereocenters. The summed E-state index contributed by atoms with van der Waals surface area (Å²) in [6.45, 7) is 1.59. The lowest BCUT2D eigenvalue weighted by Crippen LogP contribution is -2.38. The van der Waals surface area contributed by atoms with Gasteiger partial charge in [-0.2, -0.15) is 0 Å². The molecule has 0 N–H and O–H groups in total. The van der Waals surface area contributed by atoms with Crippen molar-refractivity contribution < 1.29 is 33.2 Å². The van der Waals surface area contributed by atoms with E-state index in [0.717, 1.165) is 29.7 Å². The zero-order valence-electron chi connectivity index (χ0n) is 20.4. The normalized spacial score (nSPS) is 19.9. The van der Waals surface area contributed by atoms with Crippen LogP contribution in [0.2, 0.25) is 0 Å². The number of ether oxygens (including phenoxy) is 6. The van der Waals surface area contributed by atoms with Gasteiger partial charge in [-0.15, -0.1) is 0 Å². The van der Waals surface area contributed by atoms with Gasteiger partial charge in [-0.3, -0.25) is 4.90 Å².